The van der Waals surface area contributed by atoms with Gasteiger partial charge in [0.25, 0.3) is 0 Å². The van der Waals surface area contributed by atoms with Crippen LogP contribution in [0.4, 0.5) is 34.1 Å². The van der Waals surface area contributed by atoms with Gasteiger partial charge in [-0.15, -0.1) is 0 Å². The molecular weight excluding hydrogens is 1040 g/mol. The van der Waals surface area contributed by atoms with Gasteiger partial charge in [-0.05, 0) is 0 Å². The third kappa shape index (κ3) is 5.12. The van der Waals surface area contributed by atoms with Crippen LogP contribution in [0.15, 0.2) is 249 Å². The van der Waals surface area contributed by atoms with E-state index in [2.05, 4.69) is 279 Å². The quantitative estimate of drug-likeness (QED) is 0.164. The van der Waals surface area contributed by atoms with Crippen LogP contribution >= 0.6 is 0 Å². The molecule has 4 heteroatoms. The zero-order valence-electron chi connectivity index (χ0n) is 45.0. The van der Waals surface area contributed by atoms with Gasteiger partial charge in [0, 0.05) is 0 Å². The minimum atomic E-state index is -4.13. The van der Waals surface area contributed by atoms with E-state index in [9.17, 15) is 0 Å². The molecule has 0 saturated heterocycles. The molecule has 0 N–H and O–H groups in total. The molecule has 378 valence electrons. The first-order chi connectivity index (χ1) is 39.9. The van der Waals surface area contributed by atoms with Crippen molar-refractivity contribution in [3.05, 3.63) is 310 Å². The average Bonchev–Trinajstić information content (AvgIpc) is 4.22. The molecule has 0 atom stereocenters. The molecule has 12 aromatic carbocycles. The Morgan fingerprint density at radius 1 is 0.284 bits per heavy atom. The van der Waals surface area contributed by atoms with E-state index in [4.69, 9.17) is 4.74 Å². The fourth-order valence-electron chi connectivity index (χ4n) is 17.1. The first-order valence-corrected chi connectivity index (χ1v) is 32.8. The van der Waals surface area contributed by atoms with E-state index in [0.29, 0.717) is 0 Å². The van der Waals surface area contributed by atoms with Gasteiger partial charge < -0.3 is 0 Å². The van der Waals surface area contributed by atoms with E-state index in [1.165, 1.54) is 146 Å². The molecular formula is C77H50GeN2O. The first kappa shape index (κ1) is 44.4. The summed E-state index contributed by atoms with van der Waals surface area (Å²) >= 11 is -4.13. The summed E-state index contributed by atoms with van der Waals surface area (Å²) in [4.78, 5) is 5.31. The van der Waals surface area contributed by atoms with E-state index >= 15 is 0 Å². The number of nitrogens with zero attached hydrogens (tertiary/aromatic N) is 2. The Balaban J connectivity index is 0.919. The van der Waals surface area contributed by atoms with E-state index in [-0.39, 0.29) is 0 Å². The number of aryl methyl sites for hydroxylation is 3. The van der Waals surface area contributed by atoms with Crippen LogP contribution in [0.3, 0.4) is 0 Å². The molecule has 3 aliphatic heterocycles. The molecule has 0 fully saturated rings. The second-order valence-corrected chi connectivity index (χ2v) is 31.1. The van der Waals surface area contributed by atoms with Gasteiger partial charge in [0.15, 0.2) is 0 Å². The van der Waals surface area contributed by atoms with Crippen LogP contribution in [0.1, 0.15) is 61.2 Å². The number of hydrogen-bond acceptors (Lipinski definition) is 3. The topological polar surface area (TPSA) is 15.7 Å². The van der Waals surface area contributed by atoms with Gasteiger partial charge in [-0.3, -0.25) is 0 Å². The van der Waals surface area contributed by atoms with E-state index in [1.807, 2.05) is 0 Å². The van der Waals surface area contributed by atoms with Crippen LogP contribution in [0, 0.1) is 20.8 Å². The van der Waals surface area contributed by atoms with Crippen LogP contribution in [0.5, 0.6) is 11.5 Å². The molecule has 0 unspecified atom stereocenters. The second kappa shape index (κ2) is 15.3. The third-order valence-corrected chi connectivity index (χ3v) is 30.1. The van der Waals surface area contributed by atoms with Crippen LogP contribution < -0.4 is 32.1 Å². The van der Waals surface area contributed by atoms with Gasteiger partial charge in [0.05, 0.1) is 0 Å². The maximum atomic E-state index is 7.58. The van der Waals surface area contributed by atoms with Gasteiger partial charge in [0.1, 0.15) is 0 Å². The molecule has 81 heavy (non-hydrogen) atoms. The molecule has 19 rings (SSSR count). The average molecular weight is 1090 g/mol. The SMILES string of the molecule is Cc1cc2[c]3c(c1)N(c1ccc4c(c1)C1(c5ccccc5-c5ccccc51)c1ccccc1-4)c1cc(C)cc4[c]1[Ge]3([c]1ccccc1)[c]1c(cc(C)cc1N4c1ccc3c(c1)C1(c4ccccc4-c4ccccc41)c1ccccc1-3)O2. The van der Waals surface area contributed by atoms with Crippen molar-refractivity contribution in [2.24, 2.45) is 0 Å². The Morgan fingerprint density at radius 3 is 0.938 bits per heavy atom. The van der Waals surface area contributed by atoms with Crippen molar-refractivity contribution in [1.29, 1.82) is 0 Å². The van der Waals surface area contributed by atoms with Crippen LogP contribution in [0.25, 0.3) is 44.5 Å². The molecule has 2 spiro atoms. The summed E-state index contributed by atoms with van der Waals surface area (Å²) in [7, 11) is 0. The molecule has 3 nitrogen and oxygen atoms in total. The molecule has 0 amide bonds. The van der Waals surface area contributed by atoms with E-state index < -0.39 is 24.1 Å². The standard InChI is InChI=1S/C77H50GeN2O/c1-45-37-67-73-68(38-45)80(50-34-36-58-56-26-12-18-32-64(56)77(66(58)44-50)61-29-15-9-23-53(61)54-24-10-16-30-62(54)77)70-40-47(3)42-72-75(70)78(73,48-19-5-4-6-20-48)74-69(39-46(2)41-71(74)81-72)79(67)49-33-35-57-55-25-11-17-31-63(55)76(65(57)43-49)59-27-13-7-21-51(59)52-22-8-14-28-60(52)76/h4-44H,1-3H3. The Labute approximate surface area is 474 Å². The Morgan fingerprint density at radius 2 is 0.580 bits per heavy atom. The maximum absolute atomic E-state index is 7.58. The molecule has 12 aromatic rings. The fraction of sp³-hybridized carbons (Fsp3) is 0.0649. The summed E-state index contributed by atoms with van der Waals surface area (Å²) in [5.41, 5.74) is 31.0. The molecule has 0 bridgehead atoms. The zero-order chi connectivity index (χ0) is 53.3. The number of rotatable bonds is 3. The van der Waals surface area contributed by atoms with Gasteiger partial charge in [-0.1, -0.05) is 0 Å². The summed E-state index contributed by atoms with van der Waals surface area (Å²) in [6, 6.07) is 96.1. The number of benzene rings is 12. The van der Waals surface area contributed by atoms with Crippen LogP contribution in [-0.2, 0) is 10.8 Å². The predicted octanol–water partition coefficient (Wildman–Crippen LogP) is 16.3. The zero-order valence-corrected chi connectivity index (χ0v) is 47.1. The van der Waals surface area contributed by atoms with Crippen molar-refractivity contribution in [2.45, 2.75) is 31.6 Å². The van der Waals surface area contributed by atoms with Crippen LogP contribution in [-0.4, -0.2) is 13.3 Å². The van der Waals surface area contributed by atoms with Crippen molar-refractivity contribution >= 4 is 65.0 Å². The van der Waals surface area contributed by atoms with Gasteiger partial charge >= 0.3 is 477 Å². The van der Waals surface area contributed by atoms with Crippen molar-refractivity contribution in [1.82, 2.24) is 0 Å². The van der Waals surface area contributed by atoms with Crippen molar-refractivity contribution in [3.8, 4) is 56.0 Å². The summed E-state index contributed by atoms with van der Waals surface area (Å²) in [5.74, 6) is 1.96. The summed E-state index contributed by atoms with van der Waals surface area (Å²) < 4.78 is 13.2. The molecule has 0 radical (unpaired) electrons. The number of fused-ring (bicyclic) bond motifs is 20. The van der Waals surface area contributed by atoms with Crippen molar-refractivity contribution in [2.75, 3.05) is 9.80 Å². The van der Waals surface area contributed by atoms with E-state index in [1.54, 1.807) is 0 Å². The third-order valence-electron chi connectivity index (χ3n) is 19.7. The number of anilines is 6. The monoisotopic (exact) mass is 1090 g/mol. The molecule has 7 aliphatic rings. The van der Waals surface area contributed by atoms with Gasteiger partial charge in [-0.2, -0.15) is 0 Å². The Kier molecular flexibility index (Phi) is 8.38. The van der Waals surface area contributed by atoms with Crippen LogP contribution in [0.2, 0.25) is 0 Å². The molecule has 4 aliphatic carbocycles. The van der Waals surface area contributed by atoms with Gasteiger partial charge in [-0.25, -0.2) is 0 Å². The summed E-state index contributed by atoms with van der Waals surface area (Å²) in [6.07, 6.45) is 0. The first-order valence-electron chi connectivity index (χ1n) is 28.6. The Hall–Kier alpha value is -9.42. The summed E-state index contributed by atoms with van der Waals surface area (Å²) in [5, 5.41) is 0. The van der Waals surface area contributed by atoms with Crippen molar-refractivity contribution < 1.29 is 4.74 Å². The second-order valence-electron chi connectivity index (χ2n) is 23.6. The number of ether oxygens (including phenoxy) is 1. The van der Waals surface area contributed by atoms with Crippen molar-refractivity contribution in [3.63, 3.8) is 0 Å². The predicted molar refractivity (Wildman–Crippen MR) is 333 cm³/mol. The normalized spacial score (nSPS) is 15.7. The minimum absolute atomic E-state index is 0.495. The molecule has 0 aromatic heterocycles. The van der Waals surface area contributed by atoms with Gasteiger partial charge in [0.2, 0.25) is 0 Å². The molecule has 3 heterocycles. The fourth-order valence-corrected chi connectivity index (χ4v) is 28.8. The molecule has 0 saturated carbocycles. The number of hydrogen-bond donors (Lipinski definition) is 0. The van der Waals surface area contributed by atoms with E-state index in [0.717, 1.165) is 22.9 Å². The Bertz CT molecular complexity index is 4470. The summed E-state index contributed by atoms with van der Waals surface area (Å²) in [6.45, 7) is 6.81.